The third-order valence-corrected chi connectivity index (χ3v) is 3.74. The summed E-state index contributed by atoms with van der Waals surface area (Å²) >= 11 is 11.6. The summed E-state index contributed by atoms with van der Waals surface area (Å²) in [6.45, 7) is 3.25. The number of halogens is 2. The normalized spacial score (nSPS) is 29.2. The van der Waals surface area contributed by atoms with E-state index in [1.54, 1.807) is 6.20 Å². The summed E-state index contributed by atoms with van der Waals surface area (Å²) in [5.74, 6) is 1.88. The molecule has 1 aliphatic carbocycles. The van der Waals surface area contributed by atoms with Gasteiger partial charge in [-0.2, -0.15) is 0 Å². The molecule has 1 aliphatic heterocycles. The van der Waals surface area contributed by atoms with E-state index in [-0.39, 0.29) is 5.28 Å². The van der Waals surface area contributed by atoms with E-state index in [1.165, 1.54) is 19.5 Å². The number of fused-ring (bicyclic) bond motifs is 1. The summed E-state index contributed by atoms with van der Waals surface area (Å²) < 4.78 is 0. The molecule has 2 unspecified atom stereocenters. The van der Waals surface area contributed by atoms with Gasteiger partial charge in [0.15, 0.2) is 0 Å². The average molecular weight is 244 g/mol. The Morgan fingerprint density at radius 1 is 1.33 bits per heavy atom. The Morgan fingerprint density at radius 3 is 2.73 bits per heavy atom. The maximum absolute atomic E-state index is 5.99. The van der Waals surface area contributed by atoms with Gasteiger partial charge in [-0.15, -0.1) is 0 Å². The zero-order valence-corrected chi connectivity index (χ0v) is 9.67. The van der Waals surface area contributed by atoms with E-state index in [1.807, 2.05) is 0 Å². The number of nitrogens with zero attached hydrogens (tertiary/aromatic N) is 3. The fourth-order valence-electron chi connectivity index (χ4n) is 2.34. The van der Waals surface area contributed by atoms with Crippen LogP contribution in [0.25, 0.3) is 0 Å². The van der Waals surface area contributed by atoms with Crippen LogP contribution in [0.3, 0.4) is 0 Å². The van der Waals surface area contributed by atoms with Crippen LogP contribution in [0.5, 0.6) is 0 Å². The van der Waals surface area contributed by atoms with Crippen LogP contribution in [-0.2, 0) is 6.54 Å². The largest absolute Gasteiger partial charge is 0.298 e. The summed E-state index contributed by atoms with van der Waals surface area (Å²) in [5.41, 5.74) is 0.974. The molecule has 1 saturated carbocycles. The summed E-state index contributed by atoms with van der Waals surface area (Å²) in [5, 5.41) is 0.698. The molecular formula is C10H11Cl2N3. The van der Waals surface area contributed by atoms with Gasteiger partial charge in [-0.1, -0.05) is 11.6 Å². The van der Waals surface area contributed by atoms with Crippen LogP contribution < -0.4 is 0 Å². The van der Waals surface area contributed by atoms with Crippen LogP contribution in [0.1, 0.15) is 12.0 Å². The molecule has 0 bridgehead atoms. The van der Waals surface area contributed by atoms with Crippen molar-refractivity contribution in [2.75, 3.05) is 13.1 Å². The Labute approximate surface area is 98.4 Å². The van der Waals surface area contributed by atoms with Gasteiger partial charge >= 0.3 is 0 Å². The fourth-order valence-corrected chi connectivity index (χ4v) is 2.70. The molecule has 80 valence electrons. The lowest BCUT2D eigenvalue weighted by Crippen LogP contribution is -2.22. The smallest absolute Gasteiger partial charge is 0.223 e. The molecular weight excluding hydrogens is 233 g/mol. The van der Waals surface area contributed by atoms with Gasteiger partial charge in [-0.3, -0.25) is 4.90 Å². The van der Waals surface area contributed by atoms with Crippen molar-refractivity contribution in [1.82, 2.24) is 14.9 Å². The minimum atomic E-state index is 0.216. The van der Waals surface area contributed by atoms with Gasteiger partial charge in [-0.25, -0.2) is 9.97 Å². The quantitative estimate of drug-likeness (QED) is 0.590. The van der Waals surface area contributed by atoms with Gasteiger partial charge in [0.05, 0.1) is 0 Å². The summed E-state index contributed by atoms with van der Waals surface area (Å²) in [6, 6.07) is 0. The van der Waals surface area contributed by atoms with Gasteiger partial charge in [0, 0.05) is 31.4 Å². The zero-order valence-electron chi connectivity index (χ0n) is 8.16. The summed E-state index contributed by atoms with van der Waals surface area (Å²) in [7, 11) is 0. The number of rotatable bonds is 2. The molecule has 2 aliphatic rings. The number of piperidine rings is 1. The van der Waals surface area contributed by atoms with E-state index in [4.69, 9.17) is 23.2 Å². The van der Waals surface area contributed by atoms with E-state index in [0.29, 0.717) is 5.15 Å². The molecule has 3 nitrogen and oxygen atoms in total. The molecule has 0 amide bonds. The van der Waals surface area contributed by atoms with E-state index in [0.717, 1.165) is 23.9 Å². The van der Waals surface area contributed by atoms with Crippen molar-refractivity contribution >= 4 is 23.2 Å². The third kappa shape index (κ3) is 1.96. The highest BCUT2D eigenvalue weighted by Gasteiger charge is 2.44. The van der Waals surface area contributed by atoms with Gasteiger partial charge in [-0.05, 0) is 29.9 Å². The molecule has 2 heterocycles. The highest BCUT2D eigenvalue weighted by molar-refractivity contribution is 6.32. The lowest BCUT2D eigenvalue weighted by Gasteiger charge is -2.17. The van der Waals surface area contributed by atoms with Gasteiger partial charge in [0.1, 0.15) is 5.15 Å². The van der Waals surface area contributed by atoms with Gasteiger partial charge < -0.3 is 0 Å². The zero-order chi connectivity index (χ0) is 10.4. The first-order valence-electron chi connectivity index (χ1n) is 5.11. The van der Waals surface area contributed by atoms with Crippen molar-refractivity contribution in [3.8, 4) is 0 Å². The maximum Gasteiger partial charge on any atom is 0.223 e. The summed E-state index contributed by atoms with van der Waals surface area (Å²) in [6.07, 6.45) is 3.14. The Kier molecular flexibility index (Phi) is 2.34. The van der Waals surface area contributed by atoms with Crippen LogP contribution >= 0.6 is 23.2 Å². The molecule has 2 atom stereocenters. The Bertz CT molecular complexity index is 386. The highest BCUT2D eigenvalue weighted by atomic mass is 35.5. The molecule has 0 aromatic carbocycles. The second-order valence-electron chi connectivity index (χ2n) is 4.41. The molecule has 1 saturated heterocycles. The lowest BCUT2D eigenvalue weighted by molar-refractivity contribution is 0.296. The number of aromatic nitrogens is 2. The van der Waals surface area contributed by atoms with Crippen LogP contribution in [0.4, 0.5) is 0 Å². The van der Waals surface area contributed by atoms with Crippen molar-refractivity contribution in [3.05, 3.63) is 22.2 Å². The molecule has 2 fully saturated rings. The minimum absolute atomic E-state index is 0.216. The second-order valence-corrected chi connectivity index (χ2v) is 5.10. The molecule has 0 radical (unpaired) electrons. The second kappa shape index (κ2) is 3.58. The van der Waals surface area contributed by atoms with Crippen LogP contribution in [0, 0.1) is 11.8 Å². The average Bonchev–Trinajstić information content (AvgIpc) is 2.79. The molecule has 1 aromatic heterocycles. The molecule has 0 spiro atoms. The molecule has 3 rings (SSSR count). The first-order valence-corrected chi connectivity index (χ1v) is 5.87. The minimum Gasteiger partial charge on any atom is -0.298 e. The number of hydrogen-bond acceptors (Lipinski definition) is 3. The van der Waals surface area contributed by atoms with Crippen LogP contribution in [0.15, 0.2) is 6.20 Å². The topological polar surface area (TPSA) is 29.0 Å². The predicted molar refractivity (Wildman–Crippen MR) is 58.9 cm³/mol. The van der Waals surface area contributed by atoms with E-state index < -0.39 is 0 Å². The van der Waals surface area contributed by atoms with Crippen molar-refractivity contribution in [2.45, 2.75) is 13.0 Å². The standard InChI is InChI=1S/C10H11Cl2N3/c11-9-8(2-13-10(12)14-9)5-15-3-6-1-7(6)4-15/h2,6-7H,1,3-5H2. The van der Waals surface area contributed by atoms with Crippen molar-refractivity contribution in [1.29, 1.82) is 0 Å². The maximum atomic E-state index is 5.99. The predicted octanol–water partition coefficient (Wildman–Crippen LogP) is 2.24. The molecule has 1 aromatic rings. The van der Waals surface area contributed by atoms with E-state index in [9.17, 15) is 0 Å². The van der Waals surface area contributed by atoms with Crippen molar-refractivity contribution in [3.63, 3.8) is 0 Å². The van der Waals surface area contributed by atoms with Gasteiger partial charge in [0.25, 0.3) is 0 Å². The first-order chi connectivity index (χ1) is 7.22. The Hall–Kier alpha value is -0.380. The van der Waals surface area contributed by atoms with Gasteiger partial charge in [0.2, 0.25) is 5.28 Å². The number of likely N-dealkylation sites (tertiary alicyclic amines) is 1. The van der Waals surface area contributed by atoms with Crippen LogP contribution in [-0.4, -0.2) is 28.0 Å². The Balaban J connectivity index is 1.71. The highest BCUT2D eigenvalue weighted by Crippen LogP contribution is 2.45. The van der Waals surface area contributed by atoms with E-state index in [2.05, 4.69) is 14.9 Å². The monoisotopic (exact) mass is 243 g/mol. The van der Waals surface area contributed by atoms with Crippen LogP contribution in [0.2, 0.25) is 10.4 Å². The lowest BCUT2D eigenvalue weighted by atomic mass is 10.3. The Morgan fingerprint density at radius 2 is 2.07 bits per heavy atom. The molecule has 0 N–H and O–H groups in total. The third-order valence-electron chi connectivity index (χ3n) is 3.23. The number of hydrogen-bond donors (Lipinski definition) is 0. The summed E-state index contributed by atoms with van der Waals surface area (Å²) in [4.78, 5) is 10.3. The van der Waals surface area contributed by atoms with Crippen molar-refractivity contribution in [2.24, 2.45) is 11.8 Å². The fraction of sp³-hybridized carbons (Fsp3) is 0.600. The SMILES string of the molecule is Clc1ncc(CN2CC3CC3C2)c(Cl)n1. The molecule has 5 heteroatoms. The van der Waals surface area contributed by atoms with Crippen molar-refractivity contribution < 1.29 is 0 Å². The first kappa shape index (κ1) is 9.82. The molecule has 15 heavy (non-hydrogen) atoms. The van der Waals surface area contributed by atoms with E-state index >= 15 is 0 Å².